The summed E-state index contributed by atoms with van der Waals surface area (Å²) in [6, 6.07) is 0. The molecule has 0 saturated heterocycles. The highest BCUT2D eigenvalue weighted by Crippen LogP contribution is 2.40. The van der Waals surface area contributed by atoms with Crippen LogP contribution in [0.15, 0.2) is 24.8 Å². The number of benzene rings is 1. The molecule has 27 heavy (non-hydrogen) atoms. The molecule has 8 nitrogen and oxygen atoms in total. The summed E-state index contributed by atoms with van der Waals surface area (Å²) in [6.07, 6.45) is 6.81. The number of imidazole rings is 1. The standard InChI is InChI=1S/C17H14ClFN6O2/c1-8(6-26)13-16(19)15(18)14(9-2-22-24-17(9)13)10-4-25-5-11(21-7-27)23-12(25)3-20-10/h2-5,7-8,26H,6H2,1H3,(H,21,27)(H,22,24). The number of carbonyl (C=O) groups excluding carboxylic acids is 1. The van der Waals surface area contributed by atoms with Crippen LogP contribution in [0, 0.1) is 5.82 Å². The van der Waals surface area contributed by atoms with E-state index in [1.165, 1.54) is 6.20 Å². The van der Waals surface area contributed by atoms with Crippen molar-refractivity contribution in [2.24, 2.45) is 0 Å². The molecule has 1 amide bonds. The number of nitrogens with zero attached hydrogens (tertiary/aromatic N) is 4. The fourth-order valence-corrected chi connectivity index (χ4v) is 3.40. The lowest BCUT2D eigenvalue weighted by Gasteiger charge is -2.15. The summed E-state index contributed by atoms with van der Waals surface area (Å²) in [5.41, 5.74) is 2.04. The Morgan fingerprint density at radius 2 is 2.26 bits per heavy atom. The predicted molar refractivity (Wildman–Crippen MR) is 98.2 cm³/mol. The van der Waals surface area contributed by atoms with Crippen LogP contribution in [0.5, 0.6) is 0 Å². The maximum absolute atomic E-state index is 15.0. The van der Waals surface area contributed by atoms with Gasteiger partial charge in [0, 0.05) is 35.2 Å². The molecule has 0 fully saturated rings. The number of rotatable bonds is 5. The van der Waals surface area contributed by atoms with E-state index < -0.39 is 11.7 Å². The van der Waals surface area contributed by atoms with Gasteiger partial charge in [-0.15, -0.1) is 0 Å². The minimum absolute atomic E-state index is 0.0996. The van der Waals surface area contributed by atoms with Crippen molar-refractivity contribution in [3.8, 4) is 11.3 Å². The van der Waals surface area contributed by atoms with Gasteiger partial charge in [-0.25, -0.2) is 9.37 Å². The number of carbonyl (C=O) groups is 1. The smallest absolute Gasteiger partial charge is 0.212 e. The van der Waals surface area contributed by atoms with Crippen LogP contribution in [-0.4, -0.2) is 42.7 Å². The molecule has 0 aliphatic carbocycles. The predicted octanol–water partition coefficient (Wildman–Crippen LogP) is 2.73. The van der Waals surface area contributed by atoms with E-state index in [9.17, 15) is 9.90 Å². The van der Waals surface area contributed by atoms with Gasteiger partial charge in [-0.05, 0) is 0 Å². The SMILES string of the molecule is CC(CO)c1c(F)c(Cl)c(-c2cn3cc(NC=O)nc3cn2)c2cn[nH]c12. The number of anilines is 1. The molecule has 10 heteroatoms. The Morgan fingerprint density at radius 3 is 3.00 bits per heavy atom. The third kappa shape index (κ3) is 2.71. The number of amides is 1. The maximum Gasteiger partial charge on any atom is 0.212 e. The molecule has 4 aromatic rings. The number of hydrogen-bond donors (Lipinski definition) is 3. The van der Waals surface area contributed by atoms with Gasteiger partial charge >= 0.3 is 0 Å². The quantitative estimate of drug-likeness (QED) is 0.455. The maximum atomic E-state index is 15.0. The lowest BCUT2D eigenvalue weighted by Crippen LogP contribution is -2.05. The Morgan fingerprint density at radius 1 is 1.44 bits per heavy atom. The molecule has 1 atom stereocenters. The van der Waals surface area contributed by atoms with Crippen molar-refractivity contribution < 1.29 is 14.3 Å². The molecular weight excluding hydrogens is 375 g/mol. The van der Waals surface area contributed by atoms with Crippen LogP contribution in [0.4, 0.5) is 10.2 Å². The molecule has 138 valence electrons. The minimum atomic E-state index is -0.624. The van der Waals surface area contributed by atoms with Crippen molar-refractivity contribution in [1.82, 2.24) is 24.6 Å². The molecule has 3 N–H and O–H groups in total. The van der Waals surface area contributed by atoms with Gasteiger partial charge in [-0.2, -0.15) is 5.10 Å². The summed E-state index contributed by atoms with van der Waals surface area (Å²) < 4.78 is 16.7. The minimum Gasteiger partial charge on any atom is -0.396 e. The van der Waals surface area contributed by atoms with Crippen molar-refractivity contribution in [2.75, 3.05) is 11.9 Å². The first-order chi connectivity index (χ1) is 13.0. The van der Waals surface area contributed by atoms with Crippen LogP contribution < -0.4 is 5.32 Å². The Hall–Kier alpha value is -3.04. The number of aliphatic hydroxyl groups excluding tert-OH is 1. The van der Waals surface area contributed by atoms with Gasteiger partial charge < -0.3 is 14.8 Å². The second-order valence-electron chi connectivity index (χ2n) is 6.09. The number of fused-ring (bicyclic) bond motifs is 2. The second kappa shape index (κ2) is 6.60. The number of aromatic amines is 1. The van der Waals surface area contributed by atoms with Crippen molar-refractivity contribution in [3.63, 3.8) is 0 Å². The normalized spacial score (nSPS) is 12.6. The summed E-state index contributed by atoms with van der Waals surface area (Å²) in [5, 5.41) is 19.2. The molecule has 0 bridgehead atoms. The Kier molecular flexibility index (Phi) is 4.25. The number of halogens is 2. The molecule has 0 radical (unpaired) electrons. The first kappa shape index (κ1) is 17.4. The van der Waals surface area contributed by atoms with Crippen LogP contribution in [0.2, 0.25) is 5.02 Å². The molecule has 4 rings (SSSR count). The number of hydrogen-bond acceptors (Lipinski definition) is 5. The zero-order valence-corrected chi connectivity index (χ0v) is 14.8. The van der Waals surface area contributed by atoms with E-state index in [2.05, 4.69) is 25.5 Å². The van der Waals surface area contributed by atoms with E-state index in [1.807, 2.05) is 0 Å². The molecule has 1 aromatic carbocycles. The Bertz CT molecular complexity index is 1170. The van der Waals surface area contributed by atoms with Crippen LogP contribution in [0.1, 0.15) is 18.4 Å². The largest absolute Gasteiger partial charge is 0.396 e. The molecule has 0 saturated carbocycles. The second-order valence-corrected chi connectivity index (χ2v) is 6.46. The molecule has 3 aromatic heterocycles. The average Bonchev–Trinajstić information content (AvgIpc) is 3.28. The lowest BCUT2D eigenvalue weighted by molar-refractivity contribution is -0.105. The Labute approximate surface area is 157 Å². The molecule has 0 aliphatic heterocycles. The molecular formula is C17H14ClFN6O2. The van der Waals surface area contributed by atoms with E-state index in [1.54, 1.807) is 29.9 Å². The fraction of sp³-hybridized carbons (Fsp3) is 0.176. The molecule has 0 spiro atoms. The summed E-state index contributed by atoms with van der Waals surface area (Å²) in [6.45, 7) is 1.47. The van der Waals surface area contributed by atoms with Crippen molar-refractivity contribution in [3.05, 3.63) is 41.2 Å². The van der Waals surface area contributed by atoms with Crippen LogP contribution in [0.25, 0.3) is 27.8 Å². The zero-order valence-electron chi connectivity index (χ0n) is 14.1. The van der Waals surface area contributed by atoms with Gasteiger partial charge in [0.05, 0.1) is 34.8 Å². The summed E-state index contributed by atoms with van der Waals surface area (Å²) in [7, 11) is 0. The van der Waals surface area contributed by atoms with E-state index in [4.69, 9.17) is 11.6 Å². The molecule has 1 unspecified atom stereocenters. The van der Waals surface area contributed by atoms with E-state index in [0.717, 1.165) is 0 Å². The number of nitrogens with one attached hydrogen (secondary N) is 2. The highest BCUT2D eigenvalue weighted by Gasteiger charge is 2.24. The fourth-order valence-electron chi connectivity index (χ4n) is 3.10. The van der Waals surface area contributed by atoms with Crippen molar-refractivity contribution >= 4 is 40.4 Å². The van der Waals surface area contributed by atoms with Gasteiger partial charge in [0.25, 0.3) is 0 Å². The average molecular weight is 389 g/mol. The highest BCUT2D eigenvalue weighted by molar-refractivity contribution is 6.35. The monoisotopic (exact) mass is 388 g/mol. The number of aliphatic hydroxyl groups is 1. The summed E-state index contributed by atoms with van der Waals surface area (Å²) in [5.74, 6) is -0.719. The highest BCUT2D eigenvalue weighted by atomic mass is 35.5. The zero-order chi connectivity index (χ0) is 19.1. The third-order valence-electron chi connectivity index (χ3n) is 4.40. The van der Waals surface area contributed by atoms with Crippen molar-refractivity contribution in [1.29, 1.82) is 0 Å². The van der Waals surface area contributed by atoms with E-state index in [-0.39, 0.29) is 17.2 Å². The van der Waals surface area contributed by atoms with Gasteiger partial charge in [0.1, 0.15) is 5.82 Å². The third-order valence-corrected chi connectivity index (χ3v) is 4.75. The Balaban J connectivity index is 1.96. The summed E-state index contributed by atoms with van der Waals surface area (Å²) in [4.78, 5) is 19.1. The van der Waals surface area contributed by atoms with Gasteiger partial charge in [-0.1, -0.05) is 18.5 Å². The molecule has 0 aliphatic rings. The van der Waals surface area contributed by atoms with Gasteiger partial charge in [0.2, 0.25) is 6.41 Å². The van der Waals surface area contributed by atoms with Crippen molar-refractivity contribution in [2.45, 2.75) is 12.8 Å². The van der Waals surface area contributed by atoms with Crippen LogP contribution in [0.3, 0.4) is 0 Å². The first-order valence-electron chi connectivity index (χ1n) is 8.05. The topological polar surface area (TPSA) is 108 Å². The van der Waals surface area contributed by atoms with E-state index >= 15 is 4.39 Å². The van der Waals surface area contributed by atoms with Crippen LogP contribution >= 0.6 is 11.6 Å². The van der Waals surface area contributed by atoms with Crippen LogP contribution in [-0.2, 0) is 4.79 Å². The lowest BCUT2D eigenvalue weighted by atomic mass is 9.95. The first-order valence-corrected chi connectivity index (χ1v) is 8.43. The number of H-pyrrole nitrogens is 1. The van der Waals surface area contributed by atoms with Gasteiger partial charge in [-0.3, -0.25) is 14.9 Å². The molecule has 3 heterocycles. The van der Waals surface area contributed by atoms with Gasteiger partial charge in [0.15, 0.2) is 11.5 Å². The number of aromatic nitrogens is 5. The summed E-state index contributed by atoms with van der Waals surface area (Å²) >= 11 is 6.35. The van der Waals surface area contributed by atoms with E-state index in [0.29, 0.717) is 40.0 Å².